The lowest BCUT2D eigenvalue weighted by atomic mass is 9.44. The minimum absolute atomic E-state index is 0.0330. The van der Waals surface area contributed by atoms with E-state index in [0.29, 0.717) is 22.8 Å². The molecule has 5 rings (SSSR count). The summed E-state index contributed by atoms with van der Waals surface area (Å²) in [5, 5.41) is 9.73. The number of ether oxygens (including phenoxy) is 1. The van der Waals surface area contributed by atoms with Crippen LogP contribution >= 0.6 is 0 Å². The third-order valence-electron chi connectivity index (χ3n) is 10.4. The van der Waals surface area contributed by atoms with Gasteiger partial charge >= 0.3 is 5.97 Å². The highest BCUT2D eigenvalue weighted by molar-refractivity contribution is 5.89. The Morgan fingerprint density at radius 1 is 1.03 bits per heavy atom. The maximum atomic E-state index is 12.7. The van der Waals surface area contributed by atoms with E-state index in [4.69, 9.17) is 4.74 Å². The van der Waals surface area contributed by atoms with E-state index in [-0.39, 0.29) is 23.4 Å². The van der Waals surface area contributed by atoms with Crippen molar-refractivity contribution in [2.75, 3.05) is 0 Å². The molecule has 3 heteroatoms. The summed E-state index contributed by atoms with van der Waals surface area (Å²) < 4.78 is 6.06. The van der Waals surface area contributed by atoms with Gasteiger partial charge in [0.05, 0.1) is 17.6 Å². The molecule has 0 saturated heterocycles. The van der Waals surface area contributed by atoms with Gasteiger partial charge in [-0.25, -0.2) is 4.79 Å². The number of hydrogen-bond acceptors (Lipinski definition) is 3. The van der Waals surface area contributed by atoms with Gasteiger partial charge in [0.15, 0.2) is 0 Å². The molecule has 0 N–H and O–H groups in total. The summed E-state index contributed by atoms with van der Waals surface area (Å²) in [7, 11) is 0. The van der Waals surface area contributed by atoms with Crippen molar-refractivity contribution in [3.05, 3.63) is 35.9 Å². The van der Waals surface area contributed by atoms with Crippen molar-refractivity contribution < 1.29 is 9.53 Å². The van der Waals surface area contributed by atoms with Gasteiger partial charge in [-0.05, 0) is 104 Å². The number of fused-ring (bicyclic) bond motifs is 5. The lowest BCUT2D eigenvalue weighted by Crippen LogP contribution is -2.55. The summed E-state index contributed by atoms with van der Waals surface area (Å²) in [6.07, 6.45) is 9.64. The molecule has 4 saturated carbocycles. The number of hydrogen-bond donors (Lipinski definition) is 0. The molecule has 0 aromatic heterocycles. The van der Waals surface area contributed by atoms with E-state index in [2.05, 4.69) is 26.8 Å². The topological polar surface area (TPSA) is 50.1 Å². The van der Waals surface area contributed by atoms with Crippen LogP contribution in [0.4, 0.5) is 0 Å². The first kappa shape index (κ1) is 21.0. The highest BCUT2D eigenvalue weighted by Gasteiger charge is 2.61. The number of nitriles is 1. The van der Waals surface area contributed by atoms with Crippen LogP contribution in [0.3, 0.4) is 0 Å². The molecule has 166 valence electrons. The van der Waals surface area contributed by atoms with Crippen molar-refractivity contribution in [2.45, 2.75) is 78.2 Å². The molecule has 0 spiro atoms. The second-order valence-electron chi connectivity index (χ2n) is 11.7. The Morgan fingerprint density at radius 3 is 2.52 bits per heavy atom. The van der Waals surface area contributed by atoms with Gasteiger partial charge in [0.25, 0.3) is 0 Å². The van der Waals surface area contributed by atoms with E-state index < -0.39 is 0 Å². The minimum Gasteiger partial charge on any atom is -0.458 e. The molecule has 1 aromatic rings. The highest BCUT2D eigenvalue weighted by Crippen LogP contribution is 2.67. The van der Waals surface area contributed by atoms with Gasteiger partial charge in [-0.15, -0.1) is 0 Å². The van der Waals surface area contributed by atoms with Crippen molar-refractivity contribution >= 4 is 5.97 Å². The Kier molecular flexibility index (Phi) is 5.19. The van der Waals surface area contributed by atoms with Gasteiger partial charge in [0, 0.05) is 0 Å². The number of nitrogens with zero attached hydrogens (tertiary/aromatic N) is 1. The smallest absolute Gasteiger partial charge is 0.338 e. The largest absolute Gasteiger partial charge is 0.458 e. The van der Waals surface area contributed by atoms with E-state index >= 15 is 0 Å². The summed E-state index contributed by atoms with van der Waals surface area (Å²) in [5.41, 5.74) is 1.25. The zero-order chi connectivity index (χ0) is 21.8. The van der Waals surface area contributed by atoms with Gasteiger partial charge < -0.3 is 4.74 Å². The Bertz CT molecular complexity index is 875. The van der Waals surface area contributed by atoms with Crippen LogP contribution in [0.15, 0.2) is 30.3 Å². The fraction of sp³-hybridized carbons (Fsp3) is 0.714. The Morgan fingerprint density at radius 2 is 1.77 bits per heavy atom. The first-order valence-electron chi connectivity index (χ1n) is 12.5. The maximum absolute atomic E-state index is 12.7. The SMILES string of the molecule is C[C@H]1C[C@@]2(C)[C@@H](CC[C@@H]3[C@@H]2CC[C@]2(C)[C@@H](C#N)CC[C@@H]32)C[C@@H]1OC(=O)c1ccccc1. The van der Waals surface area contributed by atoms with Crippen molar-refractivity contribution in [1.29, 1.82) is 5.26 Å². The Balaban J connectivity index is 1.32. The molecule has 0 bridgehead atoms. The van der Waals surface area contributed by atoms with E-state index in [1.54, 1.807) is 0 Å². The number of rotatable bonds is 2. The fourth-order valence-electron chi connectivity index (χ4n) is 8.73. The highest BCUT2D eigenvalue weighted by atomic mass is 16.5. The van der Waals surface area contributed by atoms with Crippen LogP contribution in [0, 0.1) is 57.7 Å². The molecule has 9 atom stereocenters. The molecular weight excluding hydrogens is 382 g/mol. The molecule has 31 heavy (non-hydrogen) atoms. The van der Waals surface area contributed by atoms with Gasteiger partial charge in [0.2, 0.25) is 0 Å². The Hall–Kier alpha value is -1.82. The van der Waals surface area contributed by atoms with Gasteiger partial charge in [-0.3, -0.25) is 0 Å². The van der Waals surface area contributed by atoms with E-state index in [0.717, 1.165) is 37.0 Å². The van der Waals surface area contributed by atoms with E-state index in [1.807, 2.05) is 30.3 Å². The predicted octanol–water partition coefficient (Wildman–Crippen LogP) is 6.64. The lowest BCUT2D eigenvalue weighted by Gasteiger charge is -2.61. The first-order chi connectivity index (χ1) is 14.9. The molecule has 0 unspecified atom stereocenters. The van der Waals surface area contributed by atoms with Gasteiger partial charge in [-0.1, -0.05) is 39.0 Å². The molecule has 0 heterocycles. The van der Waals surface area contributed by atoms with E-state index in [1.165, 1.54) is 32.1 Å². The van der Waals surface area contributed by atoms with Gasteiger partial charge in [-0.2, -0.15) is 5.26 Å². The molecule has 0 radical (unpaired) electrons. The first-order valence-corrected chi connectivity index (χ1v) is 12.5. The third-order valence-corrected chi connectivity index (χ3v) is 10.4. The second kappa shape index (κ2) is 7.65. The minimum atomic E-state index is -0.170. The second-order valence-corrected chi connectivity index (χ2v) is 11.7. The number of carbonyl (C=O) groups is 1. The Labute approximate surface area is 187 Å². The number of benzene rings is 1. The van der Waals surface area contributed by atoms with Crippen LogP contribution in [0.2, 0.25) is 0 Å². The molecule has 4 aliphatic carbocycles. The summed E-state index contributed by atoms with van der Waals surface area (Å²) in [5.74, 6) is 3.43. The molecule has 3 nitrogen and oxygen atoms in total. The molecule has 0 amide bonds. The average Bonchev–Trinajstić information content (AvgIpc) is 3.11. The van der Waals surface area contributed by atoms with Crippen molar-refractivity contribution in [2.24, 2.45) is 46.3 Å². The molecule has 4 aliphatic rings. The summed E-state index contributed by atoms with van der Waals surface area (Å²) in [6.45, 7) is 7.27. The average molecular weight is 420 g/mol. The van der Waals surface area contributed by atoms with Crippen LogP contribution in [0.25, 0.3) is 0 Å². The van der Waals surface area contributed by atoms with Crippen LogP contribution in [-0.2, 0) is 4.74 Å². The normalized spacial score (nSPS) is 46.2. The van der Waals surface area contributed by atoms with Crippen LogP contribution < -0.4 is 0 Å². The zero-order valence-corrected chi connectivity index (χ0v) is 19.3. The fourth-order valence-corrected chi connectivity index (χ4v) is 8.73. The van der Waals surface area contributed by atoms with Gasteiger partial charge in [0.1, 0.15) is 6.10 Å². The molecule has 1 aromatic carbocycles. The zero-order valence-electron chi connectivity index (χ0n) is 19.3. The van der Waals surface area contributed by atoms with Crippen molar-refractivity contribution in [1.82, 2.24) is 0 Å². The number of carbonyl (C=O) groups excluding carboxylic acids is 1. The standard InChI is InChI=1S/C28H37NO2/c1-18-16-28(3)20(15-25(18)31-26(30)19-7-5-4-6-8-19)9-11-22-23-12-10-21(17-29)27(23,2)14-13-24(22)28/h4-8,18,20-25H,9-16H2,1-3H3/t18-,20-,21+,22-,23-,24-,25-,27+,28-/m0/s1. The molecule has 0 aliphatic heterocycles. The van der Waals surface area contributed by atoms with Crippen molar-refractivity contribution in [3.63, 3.8) is 0 Å². The summed E-state index contributed by atoms with van der Waals surface area (Å²) >= 11 is 0. The summed E-state index contributed by atoms with van der Waals surface area (Å²) in [4.78, 5) is 12.7. The monoisotopic (exact) mass is 419 g/mol. The maximum Gasteiger partial charge on any atom is 0.338 e. The quantitative estimate of drug-likeness (QED) is 0.505. The molecule has 4 fully saturated rings. The number of esters is 1. The third kappa shape index (κ3) is 3.24. The predicted molar refractivity (Wildman–Crippen MR) is 121 cm³/mol. The van der Waals surface area contributed by atoms with Crippen LogP contribution in [0.5, 0.6) is 0 Å². The van der Waals surface area contributed by atoms with Crippen molar-refractivity contribution in [3.8, 4) is 6.07 Å². The van der Waals surface area contributed by atoms with E-state index in [9.17, 15) is 10.1 Å². The summed E-state index contributed by atoms with van der Waals surface area (Å²) in [6, 6.07) is 12.1. The van der Waals surface area contributed by atoms with Crippen LogP contribution in [0.1, 0.15) is 82.5 Å². The molecular formula is C28H37NO2. The lowest BCUT2D eigenvalue weighted by molar-refractivity contribution is -0.139. The van der Waals surface area contributed by atoms with Crippen LogP contribution in [-0.4, -0.2) is 12.1 Å².